The maximum atomic E-state index is 15.2. The average Bonchev–Trinajstić information content (AvgIpc) is 2.88. The van der Waals surface area contributed by atoms with E-state index in [1.165, 1.54) is 54.8 Å². The molecule has 2 aromatic carbocycles. The van der Waals surface area contributed by atoms with Crippen LogP contribution < -0.4 is 15.0 Å². The number of nitrogens with zero attached hydrogens (tertiary/aromatic N) is 4. The van der Waals surface area contributed by atoms with Crippen LogP contribution >= 0.6 is 11.8 Å². The van der Waals surface area contributed by atoms with Gasteiger partial charge in [-0.15, -0.1) is 0 Å². The average molecular weight is 497 g/mol. The summed E-state index contributed by atoms with van der Waals surface area (Å²) in [5, 5.41) is 12.2. The number of aromatic nitrogens is 3. The first kappa shape index (κ1) is 24.1. The van der Waals surface area contributed by atoms with Crippen molar-refractivity contribution in [3.63, 3.8) is 0 Å². The summed E-state index contributed by atoms with van der Waals surface area (Å²) in [4.78, 5) is 33.1. The lowest BCUT2D eigenvalue weighted by Crippen LogP contribution is -2.24. The Bertz CT molecular complexity index is 1490. The number of ether oxygens (including phenoxy) is 2. The summed E-state index contributed by atoms with van der Waals surface area (Å²) in [6, 6.07) is 10.6. The van der Waals surface area contributed by atoms with Gasteiger partial charge in [-0.1, -0.05) is 23.9 Å². The SMILES string of the molecule is COc1cc(OC)c(F)c(-c2cc3cnc(SC)nc3n(CCc3cccc([N+](=O)[O-])c3)c2=O)c1. The molecule has 0 spiro atoms. The molecular formula is C24H21FN4O5S. The number of aryl methyl sites for hydroxylation is 2. The molecule has 0 unspecified atom stereocenters. The highest BCUT2D eigenvalue weighted by atomic mass is 32.2. The van der Waals surface area contributed by atoms with E-state index in [1.807, 2.05) is 6.26 Å². The Morgan fingerprint density at radius 3 is 2.63 bits per heavy atom. The highest BCUT2D eigenvalue weighted by Crippen LogP contribution is 2.33. The molecule has 0 saturated carbocycles. The van der Waals surface area contributed by atoms with Crippen LogP contribution in [0.3, 0.4) is 0 Å². The van der Waals surface area contributed by atoms with Gasteiger partial charge in [-0.2, -0.15) is 0 Å². The predicted molar refractivity (Wildman–Crippen MR) is 131 cm³/mol. The van der Waals surface area contributed by atoms with Gasteiger partial charge < -0.3 is 9.47 Å². The number of methoxy groups -OCH3 is 2. The number of rotatable bonds is 8. The van der Waals surface area contributed by atoms with Crippen molar-refractivity contribution in [2.45, 2.75) is 18.1 Å². The van der Waals surface area contributed by atoms with Gasteiger partial charge in [-0.3, -0.25) is 19.5 Å². The molecule has 0 atom stereocenters. The number of halogens is 1. The summed E-state index contributed by atoms with van der Waals surface area (Å²) in [7, 11) is 2.77. The number of hydrogen-bond acceptors (Lipinski definition) is 8. The molecule has 0 amide bonds. The van der Waals surface area contributed by atoms with Crippen molar-refractivity contribution in [2.75, 3.05) is 20.5 Å². The van der Waals surface area contributed by atoms with Crippen LogP contribution in [0.2, 0.25) is 0 Å². The topological polar surface area (TPSA) is 109 Å². The molecule has 0 bridgehead atoms. The van der Waals surface area contributed by atoms with E-state index in [0.29, 0.717) is 33.9 Å². The lowest BCUT2D eigenvalue weighted by molar-refractivity contribution is -0.384. The first-order valence-electron chi connectivity index (χ1n) is 10.5. The molecule has 0 N–H and O–H groups in total. The van der Waals surface area contributed by atoms with Gasteiger partial charge in [0.25, 0.3) is 11.2 Å². The van der Waals surface area contributed by atoms with Crippen LogP contribution in [0, 0.1) is 15.9 Å². The summed E-state index contributed by atoms with van der Waals surface area (Å²) in [5.74, 6) is -0.428. The monoisotopic (exact) mass is 496 g/mol. The van der Waals surface area contributed by atoms with Gasteiger partial charge in [0.05, 0.1) is 24.7 Å². The minimum absolute atomic E-state index is 0.0196. The number of benzene rings is 2. The Labute approximate surface area is 203 Å². The van der Waals surface area contributed by atoms with Crippen LogP contribution in [-0.4, -0.2) is 39.9 Å². The van der Waals surface area contributed by atoms with Gasteiger partial charge in [0.15, 0.2) is 16.7 Å². The fourth-order valence-corrected chi connectivity index (χ4v) is 4.08. The maximum absolute atomic E-state index is 15.2. The molecule has 9 nitrogen and oxygen atoms in total. The van der Waals surface area contributed by atoms with Gasteiger partial charge in [-0.25, -0.2) is 14.4 Å². The van der Waals surface area contributed by atoms with Crippen LogP contribution in [0.25, 0.3) is 22.2 Å². The zero-order chi connectivity index (χ0) is 25.1. The summed E-state index contributed by atoms with van der Waals surface area (Å²) in [6.45, 7) is 0.165. The van der Waals surface area contributed by atoms with E-state index in [1.54, 1.807) is 24.4 Å². The number of nitro groups is 1. The highest BCUT2D eigenvalue weighted by molar-refractivity contribution is 7.98. The lowest BCUT2D eigenvalue weighted by Gasteiger charge is -2.15. The van der Waals surface area contributed by atoms with Crippen molar-refractivity contribution in [1.29, 1.82) is 0 Å². The third-order valence-corrected chi connectivity index (χ3v) is 6.05. The smallest absolute Gasteiger partial charge is 0.269 e. The molecule has 0 aliphatic heterocycles. The van der Waals surface area contributed by atoms with E-state index in [4.69, 9.17) is 9.47 Å². The van der Waals surface area contributed by atoms with Crippen LogP contribution in [-0.2, 0) is 13.0 Å². The van der Waals surface area contributed by atoms with Crippen molar-refractivity contribution in [3.05, 3.63) is 80.5 Å². The number of thioether (sulfide) groups is 1. The second kappa shape index (κ2) is 10.1. The molecule has 35 heavy (non-hydrogen) atoms. The minimum Gasteiger partial charge on any atom is -0.497 e. The summed E-state index contributed by atoms with van der Waals surface area (Å²) < 4.78 is 27.1. The summed E-state index contributed by atoms with van der Waals surface area (Å²) in [5.41, 5.74) is 0.670. The Morgan fingerprint density at radius 2 is 1.94 bits per heavy atom. The molecule has 2 heterocycles. The zero-order valence-corrected chi connectivity index (χ0v) is 20.0. The Hall–Kier alpha value is -3.99. The van der Waals surface area contributed by atoms with Crippen molar-refractivity contribution >= 4 is 28.5 Å². The highest BCUT2D eigenvalue weighted by Gasteiger charge is 2.20. The molecule has 2 aromatic heterocycles. The number of hydrogen-bond donors (Lipinski definition) is 0. The van der Waals surface area contributed by atoms with Crippen LogP contribution in [0.1, 0.15) is 5.56 Å². The zero-order valence-electron chi connectivity index (χ0n) is 19.1. The van der Waals surface area contributed by atoms with Gasteiger partial charge >= 0.3 is 0 Å². The Balaban J connectivity index is 1.89. The second-order valence-electron chi connectivity index (χ2n) is 7.52. The largest absolute Gasteiger partial charge is 0.497 e. The maximum Gasteiger partial charge on any atom is 0.269 e. The number of fused-ring (bicyclic) bond motifs is 1. The van der Waals surface area contributed by atoms with E-state index in [9.17, 15) is 14.9 Å². The van der Waals surface area contributed by atoms with Crippen molar-refractivity contribution in [3.8, 4) is 22.6 Å². The van der Waals surface area contributed by atoms with Crippen LogP contribution in [0.4, 0.5) is 10.1 Å². The number of nitro benzene ring substituents is 1. The number of pyridine rings is 1. The van der Waals surface area contributed by atoms with Crippen LogP contribution in [0.15, 0.2) is 58.6 Å². The fraction of sp³-hybridized carbons (Fsp3) is 0.208. The summed E-state index contributed by atoms with van der Waals surface area (Å²) >= 11 is 1.33. The molecule has 0 fully saturated rings. The lowest BCUT2D eigenvalue weighted by atomic mass is 10.0. The van der Waals surface area contributed by atoms with E-state index >= 15 is 4.39 Å². The first-order chi connectivity index (χ1) is 16.9. The van der Waals surface area contributed by atoms with Gasteiger partial charge in [0.1, 0.15) is 11.4 Å². The number of non-ortho nitro benzene ring substituents is 1. The Morgan fingerprint density at radius 1 is 1.14 bits per heavy atom. The van der Waals surface area contributed by atoms with E-state index in [0.717, 1.165) is 0 Å². The quantitative estimate of drug-likeness (QED) is 0.152. The fourth-order valence-electron chi connectivity index (χ4n) is 3.74. The first-order valence-corrected chi connectivity index (χ1v) is 11.7. The van der Waals surface area contributed by atoms with Crippen molar-refractivity contribution < 1.29 is 18.8 Å². The van der Waals surface area contributed by atoms with E-state index in [-0.39, 0.29) is 29.1 Å². The molecule has 180 valence electrons. The molecule has 4 rings (SSSR count). The molecule has 0 aliphatic carbocycles. The van der Waals surface area contributed by atoms with Gasteiger partial charge in [0, 0.05) is 41.9 Å². The second-order valence-corrected chi connectivity index (χ2v) is 8.29. The molecule has 0 aliphatic rings. The summed E-state index contributed by atoms with van der Waals surface area (Å²) in [6.07, 6.45) is 3.72. The third-order valence-electron chi connectivity index (χ3n) is 5.49. The minimum atomic E-state index is -0.698. The third kappa shape index (κ3) is 4.80. The van der Waals surface area contributed by atoms with E-state index < -0.39 is 16.3 Å². The normalized spacial score (nSPS) is 11.0. The molecule has 11 heteroatoms. The van der Waals surface area contributed by atoms with Gasteiger partial charge in [0.2, 0.25) is 0 Å². The molecule has 4 aromatic rings. The Kier molecular flexibility index (Phi) is 6.97. The molecular weight excluding hydrogens is 475 g/mol. The molecule has 0 radical (unpaired) electrons. The van der Waals surface area contributed by atoms with Gasteiger partial charge in [-0.05, 0) is 30.4 Å². The predicted octanol–water partition coefficient (Wildman–Crippen LogP) is 4.49. The van der Waals surface area contributed by atoms with Crippen LogP contribution in [0.5, 0.6) is 11.5 Å². The van der Waals surface area contributed by atoms with Crippen molar-refractivity contribution in [1.82, 2.24) is 14.5 Å². The standard InChI is InChI=1S/C24H21FN4O5S/c1-33-17-11-18(21(25)20(12-17)34-2)19-10-15-13-26-24(35-3)27-22(15)28(23(19)30)8-7-14-5-4-6-16(9-14)29(31)32/h4-6,9-13H,7-8H2,1-3H3. The van der Waals surface area contributed by atoms with E-state index in [2.05, 4.69) is 9.97 Å². The molecule has 0 saturated heterocycles. The van der Waals surface area contributed by atoms with Crippen molar-refractivity contribution in [2.24, 2.45) is 0 Å².